The lowest BCUT2D eigenvalue weighted by atomic mass is 9.81. The van der Waals surface area contributed by atoms with E-state index >= 15 is 0 Å². The molecule has 1 aliphatic rings. The van der Waals surface area contributed by atoms with Crippen LogP contribution in [0, 0.1) is 6.92 Å². The van der Waals surface area contributed by atoms with Crippen LogP contribution in [0.5, 0.6) is 0 Å². The Balaban J connectivity index is 1.95. The first-order valence-electron chi connectivity index (χ1n) is 9.90. The summed E-state index contributed by atoms with van der Waals surface area (Å²) in [5, 5.41) is 11.8. The molecule has 0 amide bonds. The fourth-order valence-corrected chi connectivity index (χ4v) is 5.71. The van der Waals surface area contributed by atoms with Gasteiger partial charge in [-0.1, -0.05) is 17.7 Å². The van der Waals surface area contributed by atoms with Crippen molar-refractivity contribution < 1.29 is 9.53 Å². The summed E-state index contributed by atoms with van der Waals surface area (Å²) in [5.74, 6) is -0.327. The molecule has 0 spiro atoms. The first-order chi connectivity index (χ1) is 13.9. The first-order valence-corrected chi connectivity index (χ1v) is 11.5. The lowest BCUT2D eigenvalue weighted by molar-refractivity contribution is 0.0526. The molecule has 0 saturated heterocycles. The van der Waals surface area contributed by atoms with E-state index in [4.69, 9.17) is 28.6 Å². The molecule has 8 heteroatoms. The van der Waals surface area contributed by atoms with Crippen LogP contribution in [0.3, 0.4) is 0 Å². The number of esters is 1. The van der Waals surface area contributed by atoms with E-state index in [9.17, 15) is 4.79 Å². The van der Waals surface area contributed by atoms with Crippen LogP contribution in [-0.2, 0) is 16.7 Å². The van der Waals surface area contributed by atoms with Crippen molar-refractivity contribution >= 4 is 56.9 Å². The fraction of sp³-hybridized carbons (Fsp3) is 0.455. The van der Waals surface area contributed by atoms with E-state index in [0.29, 0.717) is 27.3 Å². The van der Waals surface area contributed by atoms with E-state index in [1.165, 1.54) is 0 Å². The zero-order chi connectivity index (χ0) is 22.3. The maximum atomic E-state index is 12.9. The summed E-state index contributed by atoms with van der Waals surface area (Å²) in [4.78, 5) is 14.0. The van der Waals surface area contributed by atoms with Crippen molar-refractivity contribution in [1.82, 2.24) is 5.32 Å². The molecule has 0 bridgehead atoms. The molecule has 0 fully saturated rings. The summed E-state index contributed by atoms with van der Waals surface area (Å²) >= 11 is 13.3. The average Bonchev–Trinajstić information content (AvgIpc) is 2.95. The Kier molecular flexibility index (Phi) is 6.49. The monoisotopic (exact) mass is 465 g/mol. The number of ether oxygens (including phenoxy) is 1. The molecule has 0 unspecified atom stereocenters. The van der Waals surface area contributed by atoms with Gasteiger partial charge in [0.25, 0.3) is 0 Å². The van der Waals surface area contributed by atoms with E-state index in [-0.39, 0.29) is 17.0 Å². The molecule has 2 aromatic rings. The van der Waals surface area contributed by atoms with Gasteiger partial charge in [0.1, 0.15) is 5.00 Å². The molecule has 3 N–H and O–H groups in total. The maximum absolute atomic E-state index is 12.9. The van der Waals surface area contributed by atoms with Crippen LogP contribution in [0.4, 0.5) is 10.7 Å². The van der Waals surface area contributed by atoms with Crippen LogP contribution in [0.1, 0.15) is 61.0 Å². The summed E-state index contributed by atoms with van der Waals surface area (Å²) in [5.41, 5.74) is 2.95. The number of halogens is 1. The third-order valence-electron chi connectivity index (χ3n) is 4.98. The number of aryl methyl sites for hydroxylation is 1. The molecular formula is C22H28ClN3O2S2. The Morgan fingerprint density at radius 1 is 1.30 bits per heavy atom. The standard InChI is InChI=1S/C22H28ClN3O2S2/c1-7-28-19(27)16-14-11-21(3,4)26-22(5,6)17(14)30-18(16)25-20(29)24-13-9-8-12(2)15(23)10-13/h8-10,26H,7,11H2,1-6H3,(H2,24,25,29). The first kappa shape index (κ1) is 23.0. The van der Waals surface area contributed by atoms with Gasteiger partial charge in [-0.3, -0.25) is 0 Å². The Hall–Kier alpha value is -1.67. The van der Waals surface area contributed by atoms with Crippen molar-refractivity contribution in [3.63, 3.8) is 0 Å². The quantitative estimate of drug-likeness (QED) is 0.388. The van der Waals surface area contributed by atoms with Crippen molar-refractivity contribution in [1.29, 1.82) is 0 Å². The summed E-state index contributed by atoms with van der Waals surface area (Å²) < 4.78 is 5.38. The topological polar surface area (TPSA) is 62.4 Å². The molecule has 0 radical (unpaired) electrons. The number of hydrogen-bond donors (Lipinski definition) is 3. The van der Waals surface area contributed by atoms with Gasteiger partial charge in [0, 0.05) is 26.7 Å². The summed E-state index contributed by atoms with van der Waals surface area (Å²) in [6.07, 6.45) is 0.728. The zero-order valence-corrected chi connectivity index (χ0v) is 20.5. The van der Waals surface area contributed by atoms with Crippen molar-refractivity contribution in [2.45, 2.75) is 59.0 Å². The Morgan fingerprint density at radius 2 is 2.00 bits per heavy atom. The normalized spacial score (nSPS) is 16.5. The lowest BCUT2D eigenvalue weighted by Crippen LogP contribution is -2.55. The number of thiocarbonyl (C=S) groups is 1. The Morgan fingerprint density at radius 3 is 2.63 bits per heavy atom. The molecule has 1 aromatic carbocycles. The van der Waals surface area contributed by atoms with E-state index in [0.717, 1.165) is 28.1 Å². The largest absolute Gasteiger partial charge is 0.462 e. The predicted molar refractivity (Wildman–Crippen MR) is 130 cm³/mol. The highest BCUT2D eigenvalue weighted by Gasteiger charge is 2.42. The predicted octanol–water partition coefficient (Wildman–Crippen LogP) is 5.85. The number of fused-ring (bicyclic) bond motifs is 1. The minimum absolute atomic E-state index is 0.145. The van der Waals surface area contributed by atoms with Crippen molar-refractivity contribution in [3.8, 4) is 0 Å². The van der Waals surface area contributed by atoms with Crippen LogP contribution in [0.2, 0.25) is 5.02 Å². The minimum Gasteiger partial charge on any atom is -0.462 e. The number of anilines is 2. The van der Waals surface area contributed by atoms with Gasteiger partial charge in [-0.05, 0) is 83.4 Å². The van der Waals surface area contributed by atoms with Crippen LogP contribution >= 0.6 is 35.2 Å². The Bertz CT molecular complexity index is 999. The molecular weight excluding hydrogens is 438 g/mol. The van der Waals surface area contributed by atoms with Gasteiger partial charge in [0.2, 0.25) is 0 Å². The van der Waals surface area contributed by atoms with E-state index in [2.05, 4.69) is 43.6 Å². The molecule has 1 aliphatic heterocycles. The molecule has 0 atom stereocenters. The van der Waals surface area contributed by atoms with Gasteiger partial charge in [-0.2, -0.15) is 0 Å². The lowest BCUT2D eigenvalue weighted by Gasteiger charge is -2.42. The zero-order valence-electron chi connectivity index (χ0n) is 18.2. The summed E-state index contributed by atoms with van der Waals surface area (Å²) in [6, 6.07) is 5.67. The highest BCUT2D eigenvalue weighted by Crippen LogP contribution is 2.45. The number of carbonyl (C=O) groups excluding carboxylic acids is 1. The smallest absolute Gasteiger partial charge is 0.341 e. The SMILES string of the molecule is CCOC(=O)c1c(NC(=S)Nc2ccc(C)c(Cl)c2)sc2c1CC(C)(C)NC2(C)C. The number of hydrogen-bond acceptors (Lipinski definition) is 5. The highest BCUT2D eigenvalue weighted by molar-refractivity contribution is 7.80. The van der Waals surface area contributed by atoms with Gasteiger partial charge in [0.15, 0.2) is 5.11 Å². The summed E-state index contributed by atoms with van der Waals surface area (Å²) in [6.45, 7) is 12.6. The third kappa shape index (κ3) is 4.80. The molecule has 2 heterocycles. The molecule has 162 valence electrons. The Labute approximate surface area is 192 Å². The molecule has 1 aromatic heterocycles. The van der Waals surface area contributed by atoms with Crippen molar-refractivity contribution in [2.75, 3.05) is 17.2 Å². The second kappa shape index (κ2) is 8.46. The molecule has 3 rings (SSSR count). The van der Waals surface area contributed by atoms with Crippen LogP contribution in [0.15, 0.2) is 18.2 Å². The van der Waals surface area contributed by atoms with Gasteiger partial charge < -0.3 is 20.7 Å². The van der Waals surface area contributed by atoms with Crippen LogP contribution < -0.4 is 16.0 Å². The third-order valence-corrected chi connectivity index (χ3v) is 7.06. The number of rotatable bonds is 4. The highest BCUT2D eigenvalue weighted by atomic mass is 35.5. The second-order valence-corrected chi connectivity index (χ2v) is 10.5. The molecule has 0 aliphatic carbocycles. The van der Waals surface area contributed by atoms with Gasteiger partial charge in [-0.25, -0.2) is 4.79 Å². The summed E-state index contributed by atoms with van der Waals surface area (Å²) in [7, 11) is 0. The van der Waals surface area contributed by atoms with E-state index in [1.807, 2.05) is 32.0 Å². The van der Waals surface area contributed by atoms with Crippen molar-refractivity contribution in [3.05, 3.63) is 44.8 Å². The van der Waals surface area contributed by atoms with Crippen molar-refractivity contribution in [2.24, 2.45) is 0 Å². The van der Waals surface area contributed by atoms with Gasteiger partial charge in [0.05, 0.1) is 12.2 Å². The fourth-order valence-electron chi connectivity index (χ4n) is 3.97. The van der Waals surface area contributed by atoms with E-state index in [1.54, 1.807) is 11.3 Å². The van der Waals surface area contributed by atoms with E-state index < -0.39 is 0 Å². The average molecular weight is 466 g/mol. The van der Waals surface area contributed by atoms with Crippen LogP contribution in [0.25, 0.3) is 0 Å². The molecule has 5 nitrogen and oxygen atoms in total. The maximum Gasteiger partial charge on any atom is 0.341 e. The second-order valence-electron chi connectivity index (χ2n) is 8.69. The number of thiophene rings is 1. The van der Waals surface area contributed by atoms with Crippen LogP contribution in [-0.4, -0.2) is 23.2 Å². The minimum atomic E-state index is -0.327. The van der Waals surface area contributed by atoms with Gasteiger partial charge in [-0.15, -0.1) is 11.3 Å². The van der Waals surface area contributed by atoms with Gasteiger partial charge >= 0.3 is 5.97 Å². The molecule has 0 saturated carbocycles. The number of benzene rings is 1. The number of nitrogens with one attached hydrogen (secondary N) is 3. The molecule has 30 heavy (non-hydrogen) atoms. The number of carbonyl (C=O) groups is 1.